The molecule has 1 aromatic rings. The van der Waals surface area contributed by atoms with Crippen molar-refractivity contribution in [2.45, 2.75) is 12.6 Å². The van der Waals surface area contributed by atoms with Gasteiger partial charge in [0.1, 0.15) is 0 Å². The van der Waals surface area contributed by atoms with Gasteiger partial charge in [0.15, 0.2) is 0 Å². The van der Waals surface area contributed by atoms with Crippen molar-refractivity contribution in [3.05, 3.63) is 34.9 Å². The molecule has 0 aromatic heterocycles. The van der Waals surface area contributed by atoms with Gasteiger partial charge in [-0.3, -0.25) is 0 Å². The van der Waals surface area contributed by atoms with E-state index in [1.165, 1.54) is 0 Å². The second-order valence-corrected chi connectivity index (χ2v) is 3.94. The maximum absolute atomic E-state index is 6.04. The number of ether oxygens (including phenoxy) is 2. The highest BCUT2D eigenvalue weighted by molar-refractivity contribution is 6.31. The average molecular weight is 244 g/mol. The molecule has 0 saturated carbocycles. The van der Waals surface area contributed by atoms with Crippen LogP contribution in [0.3, 0.4) is 0 Å². The summed E-state index contributed by atoms with van der Waals surface area (Å²) in [5, 5.41) is 4.08. The molecule has 1 atom stereocenters. The predicted octanol–water partition coefficient (Wildman–Crippen LogP) is 2.09. The second kappa shape index (κ2) is 7.63. The van der Waals surface area contributed by atoms with Crippen LogP contribution in [0, 0.1) is 0 Å². The Labute approximate surface area is 102 Å². The van der Waals surface area contributed by atoms with Gasteiger partial charge < -0.3 is 14.8 Å². The first-order valence-electron chi connectivity index (χ1n) is 5.23. The zero-order valence-electron chi connectivity index (χ0n) is 9.70. The fourth-order valence-corrected chi connectivity index (χ4v) is 1.61. The monoisotopic (exact) mass is 243 g/mol. The van der Waals surface area contributed by atoms with Crippen LogP contribution < -0.4 is 5.32 Å². The summed E-state index contributed by atoms with van der Waals surface area (Å²) in [5.74, 6) is 0. The molecule has 0 aliphatic rings. The Bertz CT molecular complexity index is 307. The predicted molar refractivity (Wildman–Crippen MR) is 65.8 cm³/mol. The van der Waals surface area contributed by atoms with E-state index in [1.807, 2.05) is 24.3 Å². The number of halogens is 1. The van der Waals surface area contributed by atoms with E-state index >= 15 is 0 Å². The standard InChI is InChI=1S/C12H18ClNO2/c1-15-9-11(16-2)8-14-7-10-5-3-4-6-12(10)13/h3-6,11,14H,7-9H2,1-2H3. The lowest BCUT2D eigenvalue weighted by molar-refractivity contribution is 0.0288. The molecule has 0 radical (unpaired) electrons. The van der Waals surface area contributed by atoms with Crippen LogP contribution in [0.1, 0.15) is 5.56 Å². The van der Waals surface area contributed by atoms with Crippen molar-refractivity contribution in [2.24, 2.45) is 0 Å². The van der Waals surface area contributed by atoms with E-state index in [0.717, 1.165) is 23.7 Å². The van der Waals surface area contributed by atoms with Gasteiger partial charge in [-0.2, -0.15) is 0 Å². The van der Waals surface area contributed by atoms with Gasteiger partial charge in [-0.1, -0.05) is 29.8 Å². The molecule has 0 aliphatic carbocycles. The third-order valence-corrected chi connectivity index (χ3v) is 2.70. The zero-order valence-corrected chi connectivity index (χ0v) is 10.5. The highest BCUT2D eigenvalue weighted by Crippen LogP contribution is 2.14. The SMILES string of the molecule is COCC(CNCc1ccccc1Cl)OC. The molecule has 4 heteroatoms. The number of methoxy groups -OCH3 is 2. The normalized spacial score (nSPS) is 12.7. The average Bonchev–Trinajstić information content (AvgIpc) is 2.30. The summed E-state index contributed by atoms with van der Waals surface area (Å²) in [5.41, 5.74) is 1.09. The molecular weight excluding hydrogens is 226 g/mol. The summed E-state index contributed by atoms with van der Waals surface area (Å²) in [4.78, 5) is 0. The largest absolute Gasteiger partial charge is 0.382 e. The van der Waals surface area contributed by atoms with E-state index in [2.05, 4.69) is 5.32 Å². The Morgan fingerprint density at radius 2 is 2.06 bits per heavy atom. The Kier molecular flexibility index (Phi) is 6.42. The quantitative estimate of drug-likeness (QED) is 0.796. The molecule has 0 spiro atoms. The highest BCUT2D eigenvalue weighted by Gasteiger charge is 2.06. The lowest BCUT2D eigenvalue weighted by Gasteiger charge is -2.15. The second-order valence-electron chi connectivity index (χ2n) is 3.54. The van der Waals surface area contributed by atoms with Crippen molar-refractivity contribution < 1.29 is 9.47 Å². The first-order chi connectivity index (χ1) is 7.77. The van der Waals surface area contributed by atoms with E-state index in [0.29, 0.717) is 6.61 Å². The molecule has 1 rings (SSSR count). The number of hydrogen-bond donors (Lipinski definition) is 1. The highest BCUT2D eigenvalue weighted by atomic mass is 35.5. The summed E-state index contributed by atoms with van der Waals surface area (Å²) in [6.07, 6.45) is 0.0764. The van der Waals surface area contributed by atoms with E-state index in [4.69, 9.17) is 21.1 Å². The molecule has 0 saturated heterocycles. The van der Waals surface area contributed by atoms with E-state index < -0.39 is 0 Å². The summed E-state index contributed by atoms with van der Waals surface area (Å²) < 4.78 is 10.3. The minimum atomic E-state index is 0.0764. The fraction of sp³-hybridized carbons (Fsp3) is 0.500. The van der Waals surface area contributed by atoms with Crippen molar-refractivity contribution in [2.75, 3.05) is 27.4 Å². The summed E-state index contributed by atoms with van der Waals surface area (Å²) in [6, 6.07) is 7.80. The maximum atomic E-state index is 6.04. The Morgan fingerprint density at radius 1 is 1.31 bits per heavy atom. The molecule has 1 unspecified atom stereocenters. The van der Waals surface area contributed by atoms with Crippen molar-refractivity contribution in [1.29, 1.82) is 0 Å². The number of benzene rings is 1. The van der Waals surface area contributed by atoms with Crippen LogP contribution in [0.2, 0.25) is 5.02 Å². The molecule has 3 nitrogen and oxygen atoms in total. The molecule has 0 bridgehead atoms. The smallest absolute Gasteiger partial charge is 0.0928 e. The van der Waals surface area contributed by atoms with Crippen molar-refractivity contribution in [1.82, 2.24) is 5.32 Å². The number of rotatable bonds is 7. The maximum Gasteiger partial charge on any atom is 0.0928 e. The van der Waals surface area contributed by atoms with Crippen LogP contribution in [-0.4, -0.2) is 33.5 Å². The van der Waals surface area contributed by atoms with E-state index in [1.54, 1.807) is 14.2 Å². The van der Waals surface area contributed by atoms with Gasteiger partial charge in [-0.05, 0) is 11.6 Å². The molecule has 1 N–H and O–H groups in total. The molecule has 90 valence electrons. The van der Waals surface area contributed by atoms with E-state index in [9.17, 15) is 0 Å². The lowest BCUT2D eigenvalue weighted by atomic mass is 10.2. The first-order valence-corrected chi connectivity index (χ1v) is 5.61. The minimum Gasteiger partial charge on any atom is -0.382 e. The lowest BCUT2D eigenvalue weighted by Crippen LogP contribution is -2.31. The van der Waals surface area contributed by atoms with Crippen molar-refractivity contribution in [3.8, 4) is 0 Å². The Morgan fingerprint density at radius 3 is 2.69 bits per heavy atom. The van der Waals surface area contributed by atoms with Gasteiger partial charge in [0, 0.05) is 32.3 Å². The first kappa shape index (κ1) is 13.5. The molecule has 0 amide bonds. The van der Waals surface area contributed by atoms with Gasteiger partial charge in [0.2, 0.25) is 0 Å². The number of nitrogens with one attached hydrogen (secondary N) is 1. The topological polar surface area (TPSA) is 30.5 Å². The van der Waals surface area contributed by atoms with Crippen LogP contribution in [0.4, 0.5) is 0 Å². The third kappa shape index (κ3) is 4.49. The molecule has 0 aliphatic heterocycles. The van der Waals surface area contributed by atoms with Crippen LogP contribution in [0.5, 0.6) is 0 Å². The van der Waals surface area contributed by atoms with Gasteiger partial charge in [0.25, 0.3) is 0 Å². The van der Waals surface area contributed by atoms with Crippen LogP contribution >= 0.6 is 11.6 Å². The van der Waals surface area contributed by atoms with Crippen LogP contribution in [-0.2, 0) is 16.0 Å². The Balaban J connectivity index is 2.32. The van der Waals surface area contributed by atoms with E-state index in [-0.39, 0.29) is 6.10 Å². The van der Waals surface area contributed by atoms with Crippen molar-refractivity contribution >= 4 is 11.6 Å². The molecule has 0 fully saturated rings. The van der Waals surface area contributed by atoms with Crippen molar-refractivity contribution in [3.63, 3.8) is 0 Å². The van der Waals surface area contributed by atoms with Crippen LogP contribution in [0.25, 0.3) is 0 Å². The molecule has 16 heavy (non-hydrogen) atoms. The molecule has 1 aromatic carbocycles. The zero-order chi connectivity index (χ0) is 11.8. The fourth-order valence-electron chi connectivity index (χ4n) is 1.41. The van der Waals surface area contributed by atoms with Gasteiger partial charge in [-0.25, -0.2) is 0 Å². The summed E-state index contributed by atoms with van der Waals surface area (Å²) >= 11 is 6.04. The summed E-state index contributed by atoms with van der Waals surface area (Å²) in [6.45, 7) is 2.07. The third-order valence-electron chi connectivity index (χ3n) is 2.33. The van der Waals surface area contributed by atoms with Gasteiger partial charge >= 0.3 is 0 Å². The molecular formula is C12H18ClNO2. The molecule has 0 heterocycles. The number of hydrogen-bond acceptors (Lipinski definition) is 3. The van der Waals surface area contributed by atoms with Gasteiger partial charge in [0.05, 0.1) is 12.7 Å². The van der Waals surface area contributed by atoms with Crippen LogP contribution in [0.15, 0.2) is 24.3 Å². The minimum absolute atomic E-state index is 0.0764. The van der Waals surface area contributed by atoms with Gasteiger partial charge in [-0.15, -0.1) is 0 Å². The summed E-state index contributed by atoms with van der Waals surface area (Å²) in [7, 11) is 3.35. The Hall–Kier alpha value is -0.610.